The van der Waals surface area contributed by atoms with Crippen molar-refractivity contribution in [1.82, 2.24) is 9.97 Å². The van der Waals surface area contributed by atoms with Gasteiger partial charge in [0.1, 0.15) is 5.82 Å². The van der Waals surface area contributed by atoms with Gasteiger partial charge in [-0.25, -0.2) is 13.4 Å². The lowest BCUT2D eigenvalue weighted by atomic mass is 10.1. The van der Waals surface area contributed by atoms with Crippen molar-refractivity contribution in [3.8, 4) is 0 Å². The maximum absolute atomic E-state index is 13.9. The summed E-state index contributed by atoms with van der Waals surface area (Å²) in [5, 5.41) is 0.553. The van der Waals surface area contributed by atoms with Gasteiger partial charge in [0.05, 0.1) is 26.4 Å². The number of benzene rings is 2. The van der Waals surface area contributed by atoms with Crippen LogP contribution in [-0.4, -0.2) is 44.6 Å². The number of piperidine rings is 2. The van der Waals surface area contributed by atoms with Gasteiger partial charge in [-0.1, -0.05) is 0 Å². The molecule has 0 spiro atoms. The molecule has 2 aliphatic heterocycles. The summed E-state index contributed by atoms with van der Waals surface area (Å²) in [5.74, 6) is 0.282. The summed E-state index contributed by atoms with van der Waals surface area (Å²) >= 11 is 0. The van der Waals surface area contributed by atoms with Gasteiger partial charge < -0.3 is 21.3 Å². The summed E-state index contributed by atoms with van der Waals surface area (Å²) in [7, 11) is -3.79. The Kier molecular flexibility index (Phi) is 5.74. The van der Waals surface area contributed by atoms with Gasteiger partial charge in [0, 0.05) is 31.9 Å². The van der Waals surface area contributed by atoms with Gasteiger partial charge in [0.2, 0.25) is 15.8 Å². The minimum absolute atomic E-state index is 0.0773. The van der Waals surface area contributed by atoms with Crippen LogP contribution in [0.3, 0.4) is 0 Å². The molecular weight excluding hydrogens is 436 g/mol. The average Bonchev–Trinajstić information content (AvgIpc) is 2.84. The lowest BCUT2D eigenvalue weighted by Crippen LogP contribution is -2.31. The van der Waals surface area contributed by atoms with Crippen LogP contribution in [0, 0.1) is 0 Å². The molecule has 2 aromatic carbocycles. The number of sulfone groups is 1. The second kappa shape index (κ2) is 8.70. The second-order valence-corrected chi connectivity index (χ2v) is 10.8. The highest BCUT2D eigenvalue weighted by Gasteiger charge is 2.28. The van der Waals surface area contributed by atoms with Crippen LogP contribution >= 0.6 is 0 Å². The summed E-state index contributed by atoms with van der Waals surface area (Å²) in [6, 6.07) is 10.6. The molecule has 9 heteroatoms. The van der Waals surface area contributed by atoms with Crippen molar-refractivity contribution in [2.45, 2.75) is 48.3 Å². The predicted octanol–water partition coefficient (Wildman–Crippen LogP) is 3.61. The molecular formula is C24H30N6O2S. The fourth-order valence-corrected chi connectivity index (χ4v) is 6.48. The molecule has 2 saturated heterocycles. The van der Waals surface area contributed by atoms with Crippen LogP contribution in [0.5, 0.6) is 0 Å². The first-order valence-electron chi connectivity index (χ1n) is 11.7. The monoisotopic (exact) mass is 466 g/mol. The van der Waals surface area contributed by atoms with Crippen LogP contribution in [0.2, 0.25) is 0 Å². The number of nitrogen functional groups attached to an aromatic ring is 2. The Bertz CT molecular complexity index is 1260. The Morgan fingerprint density at radius 3 is 1.97 bits per heavy atom. The van der Waals surface area contributed by atoms with E-state index < -0.39 is 9.84 Å². The third-order valence-electron chi connectivity index (χ3n) is 6.68. The lowest BCUT2D eigenvalue weighted by Gasteiger charge is -2.31. The van der Waals surface area contributed by atoms with Crippen LogP contribution in [0.25, 0.3) is 10.9 Å². The lowest BCUT2D eigenvalue weighted by molar-refractivity contribution is 0.572. The van der Waals surface area contributed by atoms with Gasteiger partial charge in [0.25, 0.3) is 0 Å². The maximum Gasteiger partial charge on any atom is 0.222 e. The van der Waals surface area contributed by atoms with Crippen molar-refractivity contribution in [3.63, 3.8) is 0 Å². The van der Waals surface area contributed by atoms with E-state index in [1.54, 1.807) is 24.3 Å². The zero-order chi connectivity index (χ0) is 23.0. The summed E-state index contributed by atoms with van der Waals surface area (Å²) in [4.78, 5) is 13.4. The Balaban J connectivity index is 1.62. The fourth-order valence-electron chi connectivity index (χ4n) is 5.00. The van der Waals surface area contributed by atoms with E-state index in [9.17, 15) is 8.42 Å². The average molecular weight is 467 g/mol. The molecule has 0 bridgehead atoms. The van der Waals surface area contributed by atoms with Gasteiger partial charge in [-0.3, -0.25) is 0 Å². The quantitative estimate of drug-likeness (QED) is 0.599. The van der Waals surface area contributed by atoms with Crippen molar-refractivity contribution >= 4 is 43.9 Å². The zero-order valence-corrected chi connectivity index (χ0v) is 19.5. The molecule has 0 aliphatic carbocycles. The summed E-state index contributed by atoms with van der Waals surface area (Å²) < 4.78 is 27.7. The van der Waals surface area contributed by atoms with Gasteiger partial charge in [-0.15, -0.1) is 0 Å². The number of hydrogen-bond donors (Lipinski definition) is 2. The Morgan fingerprint density at radius 1 is 0.727 bits per heavy atom. The zero-order valence-electron chi connectivity index (χ0n) is 18.7. The SMILES string of the molecule is Nc1nc(N)c2c(N3CCCCC3)c(S(=O)(=O)c3ccc(N4CCCCC4)cc3)ccc2n1. The number of aromatic nitrogens is 2. The molecule has 2 fully saturated rings. The Hall–Kier alpha value is -3.07. The number of rotatable bonds is 4. The first-order valence-corrected chi connectivity index (χ1v) is 13.1. The largest absolute Gasteiger partial charge is 0.383 e. The highest BCUT2D eigenvalue weighted by atomic mass is 32.2. The summed E-state index contributed by atoms with van der Waals surface area (Å²) in [6.07, 6.45) is 6.71. The molecule has 3 heterocycles. The Morgan fingerprint density at radius 2 is 1.33 bits per heavy atom. The van der Waals surface area contributed by atoms with E-state index in [0.29, 0.717) is 16.6 Å². The first-order chi connectivity index (χ1) is 15.9. The highest BCUT2D eigenvalue weighted by Crippen LogP contribution is 2.40. The fraction of sp³-hybridized carbons (Fsp3) is 0.417. The predicted molar refractivity (Wildman–Crippen MR) is 132 cm³/mol. The van der Waals surface area contributed by atoms with E-state index in [0.717, 1.165) is 51.1 Å². The van der Waals surface area contributed by atoms with Crippen molar-refractivity contribution < 1.29 is 8.42 Å². The number of hydrogen-bond acceptors (Lipinski definition) is 8. The van der Waals surface area contributed by atoms with Crippen LogP contribution < -0.4 is 21.3 Å². The molecule has 33 heavy (non-hydrogen) atoms. The van der Waals surface area contributed by atoms with E-state index in [-0.39, 0.29) is 21.6 Å². The molecule has 1 aromatic heterocycles. The normalized spacial score (nSPS) is 17.5. The minimum atomic E-state index is -3.79. The van der Waals surface area contributed by atoms with Crippen LogP contribution in [-0.2, 0) is 9.84 Å². The minimum Gasteiger partial charge on any atom is -0.383 e. The Labute approximate surface area is 194 Å². The van der Waals surface area contributed by atoms with E-state index in [2.05, 4.69) is 19.8 Å². The van der Waals surface area contributed by atoms with Crippen molar-refractivity contribution in [1.29, 1.82) is 0 Å². The standard InChI is InChI=1S/C24H30N6O2S/c25-23-21-19(27-24(26)28-23)11-12-20(22(21)30-15-5-2-6-16-30)33(31,32)18-9-7-17(8-10-18)29-13-3-1-4-14-29/h7-12H,1-6,13-16H2,(H4,25,26,27,28). The molecule has 0 radical (unpaired) electrons. The molecule has 8 nitrogen and oxygen atoms in total. The molecule has 0 atom stereocenters. The van der Waals surface area contributed by atoms with Crippen LogP contribution in [0.1, 0.15) is 38.5 Å². The molecule has 3 aromatic rings. The van der Waals surface area contributed by atoms with Crippen molar-refractivity contribution in [3.05, 3.63) is 36.4 Å². The van der Waals surface area contributed by atoms with Gasteiger partial charge >= 0.3 is 0 Å². The first kappa shape index (κ1) is 21.8. The third-order valence-corrected chi connectivity index (χ3v) is 8.48. The summed E-state index contributed by atoms with van der Waals surface area (Å²) in [6.45, 7) is 3.55. The number of nitrogens with two attached hydrogens (primary N) is 2. The van der Waals surface area contributed by atoms with E-state index in [1.807, 2.05) is 12.1 Å². The third kappa shape index (κ3) is 4.06. The topological polar surface area (TPSA) is 118 Å². The van der Waals surface area contributed by atoms with E-state index in [4.69, 9.17) is 11.5 Å². The molecule has 0 saturated carbocycles. The van der Waals surface area contributed by atoms with Crippen LogP contribution in [0.15, 0.2) is 46.2 Å². The number of fused-ring (bicyclic) bond motifs is 1. The van der Waals surface area contributed by atoms with E-state index >= 15 is 0 Å². The van der Waals surface area contributed by atoms with Gasteiger partial charge in [-0.05, 0) is 74.9 Å². The smallest absolute Gasteiger partial charge is 0.222 e. The highest BCUT2D eigenvalue weighted by molar-refractivity contribution is 7.91. The van der Waals surface area contributed by atoms with Crippen LogP contribution in [0.4, 0.5) is 23.1 Å². The maximum atomic E-state index is 13.9. The van der Waals surface area contributed by atoms with Gasteiger partial charge in [0.15, 0.2) is 0 Å². The molecule has 4 N–H and O–H groups in total. The molecule has 2 aliphatic rings. The van der Waals surface area contributed by atoms with Gasteiger partial charge in [-0.2, -0.15) is 4.98 Å². The van der Waals surface area contributed by atoms with Crippen molar-refractivity contribution in [2.24, 2.45) is 0 Å². The summed E-state index contributed by atoms with van der Waals surface area (Å²) in [5.41, 5.74) is 14.3. The molecule has 174 valence electrons. The van der Waals surface area contributed by atoms with E-state index in [1.165, 1.54) is 19.3 Å². The number of nitrogens with zero attached hydrogens (tertiary/aromatic N) is 4. The molecule has 0 amide bonds. The second-order valence-electron chi connectivity index (χ2n) is 8.87. The molecule has 0 unspecified atom stereocenters. The molecule has 5 rings (SSSR count). The van der Waals surface area contributed by atoms with Crippen molar-refractivity contribution in [2.75, 3.05) is 47.4 Å². The number of anilines is 4.